The summed E-state index contributed by atoms with van der Waals surface area (Å²) in [5.74, 6) is -0.607. The molecule has 0 aromatic carbocycles. The van der Waals surface area contributed by atoms with Gasteiger partial charge in [0.1, 0.15) is 17.5 Å². The van der Waals surface area contributed by atoms with E-state index in [-0.39, 0.29) is 23.7 Å². The summed E-state index contributed by atoms with van der Waals surface area (Å²) in [5.41, 5.74) is 0.0785. The Hall–Kier alpha value is -1.89. The lowest BCUT2D eigenvalue weighted by Crippen LogP contribution is -2.16. The van der Waals surface area contributed by atoms with Gasteiger partial charge in [0.05, 0.1) is 11.5 Å². The third-order valence-electron chi connectivity index (χ3n) is 3.12. The quantitative estimate of drug-likeness (QED) is 0.452. The maximum atomic E-state index is 12.0. The van der Waals surface area contributed by atoms with Gasteiger partial charge in [0.25, 0.3) is 5.69 Å². The van der Waals surface area contributed by atoms with E-state index < -0.39 is 17.0 Å². The second-order valence-electron chi connectivity index (χ2n) is 4.73. The van der Waals surface area contributed by atoms with Crippen molar-refractivity contribution in [3.63, 3.8) is 0 Å². The molecule has 0 bridgehead atoms. The predicted octanol–water partition coefficient (Wildman–Crippen LogP) is 2.82. The molecule has 1 unspecified atom stereocenters. The van der Waals surface area contributed by atoms with E-state index in [0.29, 0.717) is 25.8 Å². The number of hydrogen-bond acceptors (Lipinski definition) is 5. The molecule has 1 aromatic rings. The van der Waals surface area contributed by atoms with E-state index in [9.17, 15) is 20.0 Å². The first-order valence-corrected chi connectivity index (χ1v) is 7.20. The highest BCUT2D eigenvalue weighted by molar-refractivity contribution is 5.89. The van der Waals surface area contributed by atoms with Crippen molar-refractivity contribution in [2.45, 2.75) is 52.7 Å². The van der Waals surface area contributed by atoms with Crippen molar-refractivity contribution in [1.82, 2.24) is 4.57 Å². The maximum absolute atomic E-state index is 12.0. The number of rotatable bonds is 8. The lowest BCUT2D eigenvalue weighted by atomic mass is 10.1. The lowest BCUT2D eigenvalue weighted by molar-refractivity contribution is -0.386. The molecule has 0 amide bonds. The number of aromatic nitrogens is 1. The SMILES string of the molecule is CCCC(O)c1c([N+](=O)[O-])cc(C(=O)OCC)n1CCC. The zero-order chi connectivity index (χ0) is 16.0. The molecule has 1 heterocycles. The normalized spacial score (nSPS) is 12.2. The zero-order valence-electron chi connectivity index (χ0n) is 12.7. The maximum Gasteiger partial charge on any atom is 0.355 e. The van der Waals surface area contributed by atoms with Gasteiger partial charge in [0.2, 0.25) is 0 Å². The van der Waals surface area contributed by atoms with Crippen LogP contribution in [0.4, 0.5) is 5.69 Å². The number of nitro groups is 1. The van der Waals surface area contributed by atoms with E-state index in [1.807, 2.05) is 13.8 Å². The Morgan fingerprint density at radius 2 is 2.10 bits per heavy atom. The average Bonchev–Trinajstić information content (AvgIpc) is 2.79. The largest absolute Gasteiger partial charge is 0.461 e. The van der Waals surface area contributed by atoms with Gasteiger partial charge < -0.3 is 14.4 Å². The number of aliphatic hydroxyl groups excluding tert-OH is 1. The van der Waals surface area contributed by atoms with Crippen molar-refractivity contribution in [2.24, 2.45) is 0 Å². The van der Waals surface area contributed by atoms with E-state index in [4.69, 9.17) is 4.74 Å². The number of nitrogens with zero attached hydrogens (tertiary/aromatic N) is 2. The number of carbonyl (C=O) groups excluding carboxylic acids is 1. The van der Waals surface area contributed by atoms with Gasteiger partial charge in [-0.15, -0.1) is 0 Å². The highest BCUT2D eigenvalue weighted by Crippen LogP contribution is 2.32. The van der Waals surface area contributed by atoms with Gasteiger partial charge in [-0.2, -0.15) is 0 Å². The van der Waals surface area contributed by atoms with Crippen LogP contribution in [0, 0.1) is 10.1 Å². The Morgan fingerprint density at radius 1 is 1.43 bits per heavy atom. The van der Waals surface area contributed by atoms with E-state index >= 15 is 0 Å². The van der Waals surface area contributed by atoms with E-state index in [2.05, 4.69) is 0 Å². The summed E-state index contributed by atoms with van der Waals surface area (Å²) in [6.07, 6.45) is 0.802. The van der Waals surface area contributed by atoms with Gasteiger partial charge in [-0.05, 0) is 19.8 Å². The summed E-state index contributed by atoms with van der Waals surface area (Å²) in [5, 5.41) is 21.4. The molecule has 1 N–H and O–H groups in total. The Kier molecular flexibility index (Phi) is 6.36. The number of aliphatic hydroxyl groups is 1. The molecule has 1 rings (SSSR count). The van der Waals surface area contributed by atoms with Gasteiger partial charge in [-0.3, -0.25) is 10.1 Å². The Bertz CT molecular complexity index is 510. The summed E-state index contributed by atoms with van der Waals surface area (Å²) in [7, 11) is 0. The summed E-state index contributed by atoms with van der Waals surface area (Å²) in [6, 6.07) is 1.20. The number of esters is 1. The molecule has 0 saturated heterocycles. The van der Waals surface area contributed by atoms with Crippen LogP contribution in [-0.2, 0) is 11.3 Å². The molecule has 7 nitrogen and oxygen atoms in total. The molecule has 0 aliphatic rings. The molecule has 0 aliphatic carbocycles. The van der Waals surface area contributed by atoms with Crippen molar-refractivity contribution in [1.29, 1.82) is 0 Å². The second kappa shape index (κ2) is 7.78. The highest BCUT2D eigenvalue weighted by atomic mass is 16.6. The van der Waals surface area contributed by atoms with E-state index in [0.717, 1.165) is 0 Å². The zero-order valence-corrected chi connectivity index (χ0v) is 12.7. The smallest absolute Gasteiger partial charge is 0.355 e. The van der Waals surface area contributed by atoms with E-state index in [1.165, 1.54) is 10.6 Å². The molecule has 7 heteroatoms. The predicted molar refractivity (Wildman–Crippen MR) is 77.2 cm³/mol. The Morgan fingerprint density at radius 3 is 2.57 bits per heavy atom. The summed E-state index contributed by atoms with van der Waals surface area (Å²) < 4.78 is 6.45. The summed E-state index contributed by atoms with van der Waals surface area (Å²) in [6.45, 7) is 6.06. The first-order chi connectivity index (χ1) is 9.97. The van der Waals surface area contributed by atoms with Crippen molar-refractivity contribution < 1.29 is 19.6 Å². The molecular weight excluding hydrogens is 276 g/mol. The number of ether oxygens (including phenoxy) is 1. The fourth-order valence-electron chi connectivity index (χ4n) is 2.30. The van der Waals surface area contributed by atoms with Crippen LogP contribution in [0.15, 0.2) is 6.07 Å². The molecule has 118 valence electrons. The highest BCUT2D eigenvalue weighted by Gasteiger charge is 2.30. The minimum atomic E-state index is -0.967. The fourth-order valence-corrected chi connectivity index (χ4v) is 2.30. The van der Waals surface area contributed by atoms with Crippen LogP contribution in [-0.4, -0.2) is 27.2 Å². The van der Waals surface area contributed by atoms with E-state index in [1.54, 1.807) is 6.92 Å². The molecule has 0 radical (unpaired) electrons. The van der Waals surface area contributed by atoms with Gasteiger partial charge in [0.15, 0.2) is 0 Å². The van der Waals surface area contributed by atoms with Gasteiger partial charge >= 0.3 is 5.97 Å². The lowest BCUT2D eigenvalue weighted by Gasteiger charge is -2.15. The van der Waals surface area contributed by atoms with Gasteiger partial charge in [0, 0.05) is 12.6 Å². The van der Waals surface area contributed by atoms with Crippen molar-refractivity contribution in [3.8, 4) is 0 Å². The molecule has 1 atom stereocenters. The number of carbonyl (C=O) groups is 1. The Balaban J connectivity index is 3.41. The van der Waals surface area contributed by atoms with Crippen LogP contribution >= 0.6 is 0 Å². The molecule has 0 saturated carbocycles. The topological polar surface area (TPSA) is 94.6 Å². The van der Waals surface area contributed by atoms with Crippen LogP contribution in [0.5, 0.6) is 0 Å². The molecule has 0 aliphatic heterocycles. The minimum absolute atomic E-state index is 0.121. The van der Waals surface area contributed by atoms with Crippen molar-refractivity contribution in [2.75, 3.05) is 6.61 Å². The van der Waals surface area contributed by atoms with Crippen molar-refractivity contribution >= 4 is 11.7 Å². The van der Waals surface area contributed by atoms with Crippen LogP contribution in [0.2, 0.25) is 0 Å². The number of hydrogen-bond donors (Lipinski definition) is 1. The average molecular weight is 298 g/mol. The minimum Gasteiger partial charge on any atom is -0.461 e. The molecule has 0 fully saturated rings. The second-order valence-corrected chi connectivity index (χ2v) is 4.73. The molecular formula is C14H22N2O5. The molecule has 0 spiro atoms. The molecule has 21 heavy (non-hydrogen) atoms. The van der Waals surface area contributed by atoms with Crippen LogP contribution < -0.4 is 0 Å². The Labute approximate surface area is 123 Å². The summed E-state index contributed by atoms with van der Waals surface area (Å²) in [4.78, 5) is 22.6. The van der Waals surface area contributed by atoms with Crippen LogP contribution in [0.3, 0.4) is 0 Å². The fraction of sp³-hybridized carbons (Fsp3) is 0.643. The standard InChI is InChI=1S/C14H22N2O5/c1-4-7-12(17)13-10(16(19)20)9-11(14(18)21-6-3)15(13)8-5-2/h9,12,17H,4-8H2,1-3H3. The van der Waals surface area contributed by atoms with Gasteiger partial charge in [-0.25, -0.2) is 4.79 Å². The van der Waals surface area contributed by atoms with Crippen LogP contribution in [0.1, 0.15) is 62.3 Å². The third kappa shape index (κ3) is 3.81. The summed E-state index contributed by atoms with van der Waals surface area (Å²) >= 11 is 0. The van der Waals surface area contributed by atoms with Crippen LogP contribution in [0.25, 0.3) is 0 Å². The first kappa shape index (κ1) is 17.2. The van der Waals surface area contributed by atoms with Crippen molar-refractivity contribution in [3.05, 3.63) is 27.6 Å². The third-order valence-corrected chi connectivity index (χ3v) is 3.12. The molecule has 1 aromatic heterocycles. The first-order valence-electron chi connectivity index (χ1n) is 7.20. The monoisotopic (exact) mass is 298 g/mol. The van der Waals surface area contributed by atoms with Gasteiger partial charge in [-0.1, -0.05) is 20.3 Å².